The standard InChI is InChI=1S/C12H16F3NO4.ClH/c1-18-7-5-4-6(9(19-2)10(7)20-3)8(16)11(17)12(13,14)15;/h4-5,8,11,17H,16H2,1-3H3;1H/t8-,11-;/m1./s1. The monoisotopic (exact) mass is 331 g/mol. The maximum Gasteiger partial charge on any atom is 0.416 e. The van der Waals surface area contributed by atoms with E-state index in [1.165, 1.54) is 33.5 Å². The van der Waals surface area contributed by atoms with E-state index in [9.17, 15) is 18.3 Å². The lowest BCUT2D eigenvalue weighted by Gasteiger charge is -2.24. The van der Waals surface area contributed by atoms with E-state index < -0.39 is 18.3 Å². The predicted octanol–water partition coefficient (Wildman–Crippen LogP) is 2.06. The molecule has 0 radical (unpaired) electrons. The van der Waals surface area contributed by atoms with Crippen LogP contribution in [0.3, 0.4) is 0 Å². The molecule has 122 valence electrons. The first-order chi connectivity index (χ1) is 9.27. The van der Waals surface area contributed by atoms with Crippen LogP contribution in [0, 0.1) is 0 Å². The Labute approximate surface area is 126 Å². The minimum absolute atomic E-state index is 0. The molecular formula is C12H17ClF3NO4. The lowest BCUT2D eigenvalue weighted by atomic mass is 10.00. The molecule has 5 nitrogen and oxygen atoms in total. The fourth-order valence-corrected chi connectivity index (χ4v) is 1.76. The molecule has 1 aromatic carbocycles. The van der Waals surface area contributed by atoms with Crippen molar-refractivity contribution in [2.75, 3.05) is 21.3 Å². The Bertz CT molecular complexity index is 471. The number of hydrogen-bond acceptors (Lipinski definition) is 5. The molecule has 3 N–H and O–H groups in total. The number of ether oxygens (including phenoxy) is 3. The maximum absolute atomic E-state index is 12.5. The number of halogens is 4. The molecule has 0 aliphatic heterocycles. The van der Waals surface area contributed by atoms with E-state index in [0.717, 1.165) is 0 Å². The number of nitrogens with two attached hydrogens (primary N) is 1. The van der Waals surface area contributed by atoms with Crippen LogP contribution in [0.4, 0.5) is 13.2 Å². The quantitative estimate of drug-likeness (QED) is 0.864. The molecule has 9 heteroatoms. The molecule has 0 heterocycles. The summed E-state index contributed by atoms with van der Waals surface area (Å²) in [4.78, 5) is 0. The average molecular weight is 332 g/mol. The van der Waals surface area contributed by atoms with E-state index in [2.05, 4.69) is 0 Å². The molecule has 1 aromatic rings. The Morgan fingerprint density at radius 2 is 1.57 bits per heavy atom. The topological polar surface area (TPSA) is 73.9 Å². The van der Waals surface area contributed by atoms with Crippen LogP contribution in [0.5, 0.6) is 17.2 Å². The Kier molecular flexibility index (Phi) is 7.08. The second-order valence-electron chi connectivity index (χ2n) is 3.94. The largest absolute Gasteiger partial charge is 0.493 e. The van der Waals surface area contributed by atoms with Crippen LogP contribution in [0.1, 0.15) is 11.6 Å². The Morgan fingerprint density at radius 1 is 1.05 bits per heavy atom. The van der Waals surface area contributed by atoms with Crippen molar-refractivity contribution < 1.29 is 32.5 Å². The smallest absolute Gasteiger partial charge is 0.416 e. The van der Waals surface area contributed by atoms with E-state index in [-0.39, 0.29) is 35.2 Å². The molecule has 0 amide bonds. The number of methoxy groups -OCH3 is 3. The maximum atomic E-state index is 12.5. The highest BCUT2D eigenvalue weighted by Gasteiger charge is 2.43. The zero-order chi connectivity index (χ0) is 15.5. The van der Waals surface area contributed by atoms with Gasteiger partial charge in [-0.1, -0.05) is 0 Å². The molecule has 21 heavy (non-hydrogen) atoms. The SMILES string of the molecule is COc1ccc([C@@H](N)[C@@H](O)C(F)(F)F)c(OC)c1OC.Cl. The van der Waals surface area contributed by atoms with Gasteiger partial charge in [-0.05, 0) is 12.1 Å². The molecular weight excluding hydrogens is 315 g/mol. The molecule has 0 saturated heterocycles. The minimum atomic E-state index is -4.84. The van der Waals surface area contributed by atoms with Crippen molar-refractivity contribution >= 4 is 12.4 Å². The van der Waals surface area contributed by atoms with Crippen LogP contribution >= 0.6 is 12.4 Å². The van der Waals surface area contributed by atoms with Crippen LogP contribution in [0.2, 0.25) is 0 Å². The van der Waals surface area contributed by atoms with E-state index in [1.54, 1.807) is 0 Å². The lowest BCUT2D eigenvalue weighted by Crippen LogP contribution is -2.39. The molecule has 0 spiro atoms. The van der Waals surface area contributed by atoms with Crippen molar-refractivity contribution in [3.63, 3.8) is 0 Å². The summed E-state index contributed by atoms with van der Waals surface area (Å²) in [5.74, 6) is 0.377. The summed E-state index contributed by atoms with van der Waals surface area (Å²) in [6.07, 6.45) is -7.55. The summed E-state index contributed by atoms with van der Waals surface area (Å²) in [6.45, 7) is 0. The van der Waals surface area contributed by atoms with Crippen molar-refractivity contribution in [1.82, 2.24) is 0 Å². The molecule has 2 atom stereocenters. The van der Waals surface area contributed by atoms with Crippen molar-refractivity contribution in [2.45, 2.75) is 18.3 Å². The van der Waals surface area contributed by atoms with Crippen molar-refractivity contribution in [1.29, 1.82) is 0 Å². The van der Waals surface area contributed by atoms with Crippen LogP contribution in [0.25, 0.3) is 0 Å². The summed E-state index contributed by atoms with van der Waals surface area (Å²) in [7, 11) is 3.95. The number of hydrogen-bond donors (Lipinski definition) is 2. The molecule has 0 saturated carbocycles. The minimum Gasteiger partial charge on any atom is -0.493 e. The fourth-order valence-electron chi connectivity index (χ4n) is 1.76. The van der Waals surface area contributed by atoms with E-state index in [4.69, 9.17) is 19.9 Å². The van der Waals surface area contributed by atoms with E-state index >= 15 is 0 Å². The zero-order valence-electron chi connectivity index (χ0n) is 11.6. The molecule has 0 aliphatic rings. The highest BCUT2D eigenvalue weighted by atomic mass is 35.5. The number of rotatable bonds is 5. The summed E-state index contributed by atoms with van der Waals surface area (Å²) in [5.41, 5.74) is 5.44. The lowest BCUT2D eigenvalue weighted by molar-refractivity contribution is -0.210. The van der Waals surface area contributed by atoms with Gasteiger partial charge in [-0.2, -0.15) is 13.2 Å². The third kappa shape index (κ3) is 4.05. The fraction of sp³-hybridized carbons (Fsp3) is 0.500. The number of benzene rings is 1. The van der Waals surface area contributed by atoms with Gasteiger partial charge < -0.3 is 25.1 Å². The summed E-state index contributed by atoms with van der Waals surface area (Å²) >= 11 is 0. The van der Waals surface area contributed by atoms with Crippen molar-refractivity contribution in [3.05, 3.63) is 17.7 Å². The second-order valence-corrected chi connectivity index (χ2v) is 3.94. The van der Waals surface area contributed by atoms with Crippen LogP contribution in [0.15, 0.2) is 12.1 Å². The summed E-state index contributed by atoms with van der Waals surface area (Å²) in [5, 5.41) is 9.24. The molecule has 0 fully saturated rings. The molecule has 0 aromatic heterocycles. The first kappa shape index (κ1) is 19.6. The van der Waals surface area contributed by atoms with Crippen molar-refractivity contribution in [3.8, 4) is 17.2 Å². The van der Waals surface area contributed by atoms with Gasteiger partial charge in [0.2, 0.25) is 5.75 Å². The third-order valence-corrected chi connectivity index (χ3v) is 2.77. The molecule has 0 aliphatic carbocycles. The first-order valence-corrected chi connectivity index (χ1v) is 5.57. The van der Waals surface area contributed by atoms with Gasteiger partial charge in [-0.3, -0.25) is 0 Å². The zero-order valence-corrected chi connectivity index (χ0v) is 12.4. The second kappa shape index (κ2) is 7.58. The van der Waals surface area contributed by atoms with E-state index in [1.807, 2.05) is 0 Å². The molecule has 0 unspecified atom stereocenters. The van der Waals surface area contributed by atoms with Gasteiger partial charge in [0.15, 0.2) is 17.6 Å². The third-order valence-electron chi connectivity index (χ3n) is 2.77. The number of aliphatic hydroxyl groups is 1. The van der Waals surface area contributed by atoms with Crippen LogP contribution in [-0.2, 0) is 0 Å². The van der Waals surface area contributed by atoms with Gasteiger partial charge >= 0.3 is 6.18 Å². The number of aliphatic hydroxyl groups excluding tert-OH is 1. The Morgan fingerprint density at radius 3 is 1.95 bits per heavy atom. The molecule has 1 rings (SSSR count). The summed E-state index contributed by atoms with van der Waals surface area (Å²) in [6, 6.07) is 0.976. The molecule has 0 bridgehead atoms. The van der Waals surface area contributed by atoms with Crippen molar-refractivity contribution in [2.24, 2.45) is 5.73 Å². The highest BCUT2D eigenvalue weighted by Crippen LogP contribution is 2.43. The van der Waals surface area contributed by atoms with E-state index in [0.29, 0.717) is 0 Å². The Balaban J connectivity index is 0.00000400. The van der Waals surface area contributed by atoms with Gasteiger partial charge in [0, 0.05) is 5.56 Å². The normalized spacial score (nSPS) is 13.9. The highest BCUT2D eigenvalue weighted by molar-refractivity contribution is 5.85. The number of alkyl halides is 3. The summed E-state index contributed by atoms with van der Waals surface area (Å²) < 4.78 is 52.7. The average Bonchev–Trinajstić information content (AvgIpc) is 2.42. The van der Waals surface area contributed by atoms with Gasteiger partial charge in [-0.25, -0.2) is 0 Å². The van der Waals surface area contributed by atoms with Crippen LogP contribution < -0.4 is 19.9 Å². The predicted molar refractivity (Wildman–Crippen MR) is 72.3 cm³/mol. The van der Waals surface area contributed by atoms with Gasteiger partial charge in [-0.15, -0.1) is 12.4 Å². The first-order valence-electron chi connectivity index (χ1n) is 5.57. The van der Waals surface area contributed by atoms with Gasteiger partial charge in [0.25, 0.3) is 0 Å². The van der Waals surface area contributed by atoms with Gasteiger partial charge in [0.05, 0.1) is 27.4 Å². The van der Waals surface area contributed by atoms with Crippen LogP contribution in [-0.4, -0.2) is 38.7 Å². The van der Waals surface area contributed by atoms with Gasteiger partial charge in [0.1, 0.15) is 0 Å². The Hall–Kier alpha value is -1.38.